The molecule has 1 aromatic heterocycles. The largest absolute Gasteiger partial charge is 0.450 e. The van der Waals surface area contributed by atoms with Gasteiger partial charge in [-0.3, -0.25) is 5.32 Å². The topological polar surface area (TPSA) is 54.2 Å². The highest BCUT2D eigenvalue weighted by molar-refractivity contribution is 5.87. The van der Waals surface area contributed by atoms with Crippen LogP contribution >= 0.6 is 0 Å². The molecule has 162 valence electrons. The third-order valence-corrected chi connectivity index (χ3v) is 6.03. The number of anilines is 3. The van der Waals surface area contributed by atoms with Crippen molar-refractivity contribution in [3.05, 3.63) is 59.3 Å². The molecular weight excluding hydrogens is 386 g/mol. The Kier molecular flexibility index (Phi) is 6.40. The molecule has 1 heterocycles. The Hall–Kier alpha value is -3.08. The molecule has 0 aliphatic heterocycles. The maximum absolute atomic E-state index is 11.7. The highest BCUT2D eigenvalue weighted by Gasteiger charge is 2.26. The molecule has 0 saturated carbocycles. The molecule has 1 aliphatic rings. The van der Waals surface area contributed by atoms with E-state index in [2.05, 4.69) is 47.2 Å². The fraction of sp³-hybridized carbons (Fsp3) is 0.385. The van der Waals surface area contributed by atoms with Gasteiger partial charge in [0.25, 0.3) is 0 Å². The van der Waals surface area contributed by atoms with Crippen molar-refractivity contribution in [3.63, 3.8) is 0 Å². The molecule has 0 fully saturated rings. The number of pyridine rings is 1. The molecule has 2 N–H and O–H groups in total. The molecule has 0 spiro atoms. The Bertz CT molecular complexity index is 1110. The lowest BCUT2D eigenvalue weighted by molar-refractivity contribution is -0.679. The lowest BCUT2D eigenvalue weighted by Crippen LogP contribution is -2.41. The van der Waals surface area contributed by atoms with Gasteiger partial charge in [0.15, 0.2) is 5.69 Å². The number of hydrogen-bond donors (Lipinski definition) is 2. The minimum absolute atomic E-state index is 0.349. The summed E-state index contributed by atoms with van der Waals surface area (Å²) in [7, 11) is 0. The first-order valence-corrected chi connectivity index (χ1v) is 11.4. The van der Waals surface area contributed by atoms with E-state index in [1.165, 1.54) is 47.8 Å². The van der Waals surface area contributed by atoms with Crippen LogP contribution in [0.5, 0.6) is 0 Å². The van der Waals surface area contributed by atoms with Crippen LogP contribution in [0.15, 0.2) is 42.5 Å². The first-order chi connectivity index (χ1) is 15.1. The number of nitrogens with zero attached hydrogens (tertiary/aromatic N) is 1. The molecule has 0 bridgehead atoms. The van der Waals surface area contributed by atoms with Gasteiger partial charge in [0.1, 0.15) is 6.54 Å². The number of rotatable bonds is 6. The number of carbonyl (C=O) groups excluding carboxylic acids is 1. The lowest BCUT2D eigenvalue weighted by Gasteiger charge is -2.19. The number of hydrogen-bond acceptors (Lipinski definition) is 3. The third-order valence-electron chi connectivity index (χ3n) is 6.03. The van der Waals surface area contributed by atoms with E-state index in [4.69, 9.17) is 4.74 Å². The van der Waals surface area contributed by atoms with E-state index in [1.54, 1.807) is 12.5 Å². The molecule has 3 aromatic rings. The molecule has 0 unspecified atom stereocenters. The predicted octanol–water partition coefficient (Wildman–Crippen LogP) is 6.04. The van der Waals surface area contributed by atoms with E-state index in [1.807, 2.05) is 24.3 Å². The molecule has 2 aromatic carbocycles. The number of ether oxygens (including phenoxy) is 1. The van der Waals surface area contributed by atoms with Crippen molar-refractivity contribution in [2.45, 2.75) is 59.4 Å². The van der Waals surface area contributed by atoms with Crippen LogP contribution in [-0.4, -0.2) is 12.7 Å². The second kappa shape index (κ2) is 9.38. The highest BCUT2D eigenvalue weighted by atomic mass is 16.5. The fourth-order valence-corrected chi connectivity index (χ4v) is 4.65. The predicted molar refractivity (Wildman–Crippen MR) is 126 cm³/mol. The highest BCUT2D eigenvalue weighted by Crippen LogP contribution is 2.30. The monoisotopic (exact) mass is 418 g/mol. The van der Waals surface area contributed by atoms with E-state index in [-0.39, 0.29) is 0 Å². The van der Waals surface area contributed by atoms with Gasteiger partial charge in [-0.05, 0) is 69.0 Å². The lowest BCUT2D eigenvalue weighted by atomic mass is 9.89. The average molecular weight is 419 g/mol. The van der Waals surface area contributed by atoms with Gasteiger partial charge in [-0.25, -0.2) is 4.79 Å². The smallest absolute Gasteiger partial charge is 0.411 e. The number of benzene rings is 2. The number of aromatic nitrogens is 1. The standard InChI is InChI=1S/C26H31N3O2/c1-4-15-29-24-12-7-6-11-22(24)18(3)23-17-21(13-14-25(23)29)27-19-9-8-10-20(16-19)28-26(30)31-5-2/h8-10,13-14,16-17,27H,4-7,11-12,15H2,1-3H3/p+1. The van der Waals surface area contributed by atoms with Gasteiger partial charge in [-0.15, -0.1) is 0 Å². The van der Waals surface area contributed by atoms with Crippen molar-refractivity contribution in [1.82, 2.24) is 0 Å². The van der Waals surface area contributed by atoms with Crippen molar-refractivity contribution < 1.29 is 14.1 Å². The number of fused-ring (bicyclic) bond motifs is 2. The van der Waals surface area contributed by atoms with Crippen molar-refractivity contribution in [2.75, 3.05) is 17.2 Å². The van der Waals surface area contributed by atoms with Crippen molar-refractivity contribution in [3.8, 4) is 0 Å². The molecule has 31 heavy (non-hydrogen) atoms. The van der Waals surface area contributed by atoms with Crippen molar-refractivity contribution in [1.29, 1.82) is 0 Å². The molecule has 0 radical (unpaired) electrons. The van der Waals surface area contributed by atoms with Crippen LogP contribution < -0.4 is 15.2 Å². The second-order valence-electron chi connectivity index (χ2n) is 8.19. The zero-order valence-electron chi connectivity index (χ0n) is 18.8. The SMILES string of the molecule is CCC[n+]1c2c(c(C)c3cc(Nc4cccc(NC(=O)OCC)c4)ccc31)CCCC2. The van der Waals surface area contributed by atoms with Gasteiger partial charge in [0, 0.05) is 41.5 Å². The number of nitrogens with one attached hydrogen (secondary N) is 2. The summed E-state index contributed by atoms with van der Waals surface area (Å²) < 4.78 is 7.52. The molecule has 1 aliphatic carbocycles. The van der Waals surface area contributed by atoms with Crippen LogP contribution in [0.4, 0.5) is 21.9 Å². The van der Waals surface area contributed by atoms with Gasteiger partial charge in [-0.2, -0.15) is 4.57 Å². The maximum atomic E-state index is 11.7. The summed E-state index contributed by atoms with van der Waals surface area (Å²) in [5.74, 6) is 0. The number of amides is 1. The van der Waals surface area contributed by atoms with Gasteiger partial charge in [-0.1, -0.05) is 13.0 Å². The Labute approximate surface area is 184 Å². The number of carbonyl (C=O) groups is 1. The molecule has 4 rings (SSSR count). The zero-order chi connectivity index (χ0) is 21.8. The summed E-state index contributed by atoms with van der Waals surface area (Å²) in [6, 6.07) is 14.3. The van der Waals surface area contributed by atoms with Crippen LogP contribution in [0.25, 0.3) is 10.9 Å². The summed E-state index contributed by atoms with van der Waals surface area (Å²) in [6.45, 7) is 7.73. The van der Waals surface area contributed by atoms with Crippen LogP contribution in [0.2, 0.25) is 0 Å². The molecule has 0 atom stereocenters. The van der Waals surface area contributed by atoms with Gasteiger partial charge in [0.2, 0.25) is 5.52 Å². The minimum Gasteiger partial charge on any atom is -0.450 e. The second-order valence-corrected chi connectivity index (χ2v) is 8.19. The van der Waals surface area contributed by atoms with E-state index < -0.39 is 6.09 Å². The molecule has 5 heteroatoms. The Morgan fingerprint density at radius 2 is 1.81 bits per heavy atom. The van der Waals surface area contributed by atoms with E-state index >= 15 is 0 Å². The normalized spacial score (nSPS) is 13.0. The minimum atomic E-state index is -0.439. The van der Waals surface area contributed by atoms with E-state index in [0.29, 0.717) is 12.3 Å². The number of aryl methyl sites for hydroxylation is 2. The van der Waals surface area contributed by atoms with E-state index in [9.17, 15) is 4.79 Å². The van der Waals surface area contributed by atoms with Crippen LogP contribution in [0.1, 0.15) is 49.9 Å². The first kappa shape index (κ1) is 21.2. The van der Waals surface area contributed by atoms with E-state index in [0.717, 1.165) is 24.3 Å². The van der Waals surface area contributed by atoms with Crippen LogP contribution in [0.3, 0.4) is 0 Å². The third kappa shape index (κ3) is 4.50. The summed E-state index contributed by atoms with van der Waals surface area (Å²) in [5.41, 5.74) is 8.49. The van der Waals surface area contributed by atoms with Gasteiger partial charge < -0.3 is 10.1 Å². The van der Waals surface area contributed by atoms with Crippen LogP contribution in [0, 0.1) is 6.92 Å². The Morgan fingerprint density at radius 3 is 2.61 bits per heavy atom. The molecule has 0 saturated heterocycles. The van der Waals surface area contributed by atoms with Gasteiger partial charge >= 0.3 is 6.09 Å². The average Bonchev–Trinajstić information content (AvgIpc) is 2.77. The van der Waals surface area contributed by atoms with Crippen molar-refractivity contribution >= 4 is 34.1 Å². The summed E-state index contributed by atoms with van der Waals surface area (Å²) in [6.07, 6.45) is 5.63. The maximum Gasteiger partial charge on any atom is 0.411 e. The quantitative estimate of drug-likeness (QED) is 0.480. The summed E-state index contributed by atoms with van der Waals surface area (Å²) >= 11 is 0. The fourth-order valence-electron chi connectivity index (χ4n) is 4.65. The molecular formula is C26H32N3O2+. The Morgan fingerprint density at radius 1 is 1.03 bits per heavy atom. The summed E-state index contributed by atoms with van der Waals surface area (Å²) in [4.78, 5) is 11.7. The molecule has 5 nitrogen and oxygen atoms in total. The van der Waals surface area contributed by atoms with Gasteiger partial charge in [0.05, 0.1) is 12.0 Å². The zero-order valence-corrected chi connectivity index (χ0v) is 18.8. The first-order valence-electron chi connectivity index (χ1n) is 11.4. The Balaban J connectivity index is 1.67. The summed E-state index contributed by atoms with van der Waals surface area (Å²) in [5, 5.41) is 7.58. The van der Waals surface area contributed by atoms with Crippen LogP contribution in [-0.2, 0) is 24.1 Å². The molecule has 1 amide bonds. The van der Waals surface area contributed by atoms with Crippen molar-refractivity contribution in [2.24, 2.45) is 0 Å².